The van der Waals surface area contributed by atoms with E-state index < -0.39 is 0 Å². The van der Waals surface area contributed by atoms with E-state index in [1.165, 1.54) is 0 Å². The molecule has 1 saturated heterocycles. The van der Waals surface area contributed by atoms with Crippen molar-refractivity contribution in [3.63, 3.8) is 0 Å². The molecule has 1 unspecified atom stereocenters. The van der Waals surface area contributed by atoms with Gasteiger partial charge in [-0.3, -0.25) is 4.79 Å². The van der Waals surface area contributed by atoms with Crippen LogP contribution in [0.1, 0.15) is 40.0 Å². The summed E-state index contributed by atoms with van der Waals surface area (Å²) in [4.78, 5) is 19.1. The van der Waals surface area contributed by atoms with E-state index in [1.807, 2.05) is 47.4 Å². The summed E-state index contributed by atoms with van der Waals surface area (Å²) in [5.74, 6) is 1.67. The summed E-state index contributed by atoms with van der Waals surface area (Å²) < 4.78 is 16.3. The van der Waals surface area contributed by atoms with Crippen LogP contribution >= 0.6 is 0 Å². The highest BCUT2D eigenvalue weighted by Gasteiger charge is 2.32. The molecule has 0 radical (unpaired) electrons. The molecule has 1 aliphatic heterocycles. The van der Waals surface area contributed by atoms with Crippen molar-refractivity contribution in [3.05, 3.63) is 77.4 Å². The Morgan fingerprint density at radius 1 is 1.14 bits per heavy atom. The summed E-state index contributed by atoms with van der Waals surface area (Å²) in [6.45, 7) is 1.96. The number of methoxy groups -OCH3 is 1. The van der Waals surface area contributed by atoms with Crippen LogP contribution in [0.25, 0.3) is 0 Å². The number of carbonyl (C=O) groups is 1. The Hall–Kier alpha value is -3.19. The van der Waals surface area contributed by atoms with Crippen molar-refractivity contribution in [2.24, 2.45) is 0 Å². The van der Waals surface area contributed by atoms with Crippen molar-refractivity contribution in [1.29, 1.82) is 0 Å². The number of aromatic nitrogens is 2. The first-order chi connectivity index (χ1) is 14.2. The van der Waals surface area contributed by atoms with Crippen molar-refractivity contribution < 1.29 is 18.8 Å². The lowest BCUT2D eigenvalue weighted by Gasteiger charge is -2.17. The average molecular weight is 393 g/mol. The Kier molecular flexibility index (Phi) is 5.86. The highest BCUT2D eigenvalue weighted by atomic mass is 16.5. The van der Waals surface area contributed by atoms with Gasteiger partial charge in [0, 0.05) is 19.0 Å². The molecule has 0 bridgehead atoms. The lowest BCUT2D eigenvalue weighted by Crippen LogP contribution is -2.28. The fraction of sp³-hybridized carbons (Fsp3) is 0.318. The standard InChI is InChI=1S/C22H23N3O4/c1-27-19-10-6-5-9-18(19)22(26)25-12-11-17(13-25)21-23-20(29-24-21)15-28-14-16-7-3-2-4-8-16/h2-10,17H,11-15H2,1H3. The molecule has 4 rings (SSSR count). The summed E-state index contributed by atoms with van der Waals surface area (Å²) in [7, 11) is 1.57. The van der Waals surface area contributed by atoms with Crippen molar-refractivity contribution in [3.8, 4) is 5.75 Å². The molecule has 7 heteroatoms. The number of para-hydroxylation sites is 1. The van der Waals surface area contributed by atoms with Crippen LogP contribution in [0.2, 0.25) is 0 Å². The van der Waals surface area contributed by atoms with E-state index >= 15 is 0 Å². The second-order valence-electron chi connectivity index (χ2n) is 6.96. The van der Waals surface area contributed by atoms with Gasteiger partial charge >= 0.3 is 0 Å². The van der Waals surface area contributed by atoms with Gasteiger partial charge in [0.05, 0.1) is 19.3 Å². The molecule has 29 heavy (non-hydrogen) atoms. The fourth-order valence-corrected chi connectivity index (χ4v) is 3.47. The summed E-state index contributed by atoms with van der Waals surface area (Å²) in [5, 5.41) is 4.10. The van der Waals surface area contributed by atoms with Gasteiger partial charge in [0.15, 0.2) is 5.82 Å². The molecule has 2 heterocycles. The maximum absolute atomic E-state index is 12.8. The Morgan fingerprint density at radius 2 is 1.93 bits per heavy atom. The molecule has 150 valence electrons. The molecule has 2 aromatic carbocycles. The molecule has 0 N–H and O–H groups in total. The molecule has 1 aromatic heterocycles. The van der Waals surface area contributed by atoms with Crippen LogP contribution in [-0.4, -0.2) is 41.1 Å². The first kappa shape index (κ1) is 19.1. The Bertz CT molecular complexity index is 957. The highest BCUT2D eigenvalue weighted by molar-refractivity contribution is 5.97. The van der Waals surface area contributed by atoms with E-state index in [1.54, 1.807) is 19.2 Å². The van der Waals surface area contributed by atoms with Crippen LogP contribution in [0.15, 0.2) is 59.1 Å². The van der Waals surface area contributed by atoms with Gasteiger partial charge in [-0.25, -0.2) is 0 Å². The van der Waals surface area contributed by atoms with E-state index in [2.05, 4.69) is 10.1 Å². The van der Waals surface area contributed by atoms with Crippen LogP contribution in [0, 0.1) is 0 Å². The van der Waals surface area contributed by atoms with Gasteiger partial charge < -0.3 is 18.9 Å². The minimum atomic E-state index is -0.0418. The third kappa shape index (κ3) is 4.46. The quantitative estimate of drug-likeness (QED) is 0.612. The second-order valence-corrected chi connectivity index (χ2v) is 6.96. The summed E-state index contributed by atoms with van der Waals surface area (Å²) in [5.41, 5.74) is 1.66. The Labute approximate surface area is 169 Å². The Balaban J connectivity index is 1.33. The molecule has 1 fully saturated rings. The lowest BCUT2D eigenvalue weighted by molar-refractivity contribution is 0.0787. The molecule has 1 atom stereocenters. The van der Waals surface area contributed by atoms with Crippen LogP contribution < -0.4 is 4.74 Å². The maximum Gasteiger partial charge on any atom is 0.257 e. The minimum Gasteiger partial charge on any atom is -0.496 e. The zero-order chi connectivity index (χ0) is 20.1. The van der Waals surface area contributed by atoms with Gasteiger partial charge in [0.1, 0.15) is 12.4 Å². The molecule has 1 aliphatic rings. The van der Waals surface area contributed by atoms with Crippen molar-refractivity contribution >= 4 is 5.91 Å². The number of hydrogen-bond donors (Lipinski definition) is 0. The van der Waals surface area contributed by atoms with E-state index in [0.29, 0.717) is 42.7 Å². The predicted molar refractivity (Wildman–Crippen MR) is 105 cm³/mol. The molecule has 7 nitrogen and oxygen atoms in total. The zero-order valence-corrected chi connectivity index (χ0v) is 16.3. The Morgan fingerprint density at radius 3 is 2.76 bits per heavy atom. The number of hydrogen-bond acceptors (Lipinski definition) is 6. The van der Waals surface area contributed by atoms with E-state index in [0.717, 1.165) is 12.0 Å². The largest absolute Gasteiger partial charge is 0.496 e. The summed E-state index contributed by atoms with van der Waals surface area (Å²) in [6.07, 6.45) is 0.796. The second kappa shape index (κ2) is 8.87. The zero-order valence-electron chi connectivity index (χ0n) is 16.3. The maximum atomic E-state index is 12.8. The van der Waals surface area contributed by atoms with Crippen molar-refractivity contribution in [1.82, 2.24) is 15.0 Å². The predicted octanol–water partition coefficient (Wildman–Crippen LogP) is 3.42. The van der Waals surface area contributed by atoms with Gasteiger partial charge in [-0.05, 0) is 24.1 Å². The molecule has 3 aromatic rings. The van der Waals surface area contributed by atoms with Gasteiger partial charge in [0.25, 0.3) is 11.8 Å². The smallest absolute Gasteiger partial charge is 0.257 e. The minimum absolute atomic E-state index is 0.0418. The normalized spacial score (nSPS) is 16.2. The first-order valence-corrected chi connectivity index (χ1v) is 9.61. The number of amides is 1. The molecular formula is C22H23N3O4. The highest BCUT2D eigenvalue weighted by Crippen LogP contribution is 2.28. The lowest BCUT2D eigenvalue weighted by atomic mass is 10.1. The van der Waals surface area contributed by atoms with Crippen LogP contribution in [0.3, 0.4) is 0 Å². The first-order valence-electron chi connectivity index (χ1n) is 9.61. The summed E-state index contributed by atoms with van der Waals surface area (Å²) in [6, 6.07) is 17.2. The average Bonchev–Trinajstić information content (AvgIpc) is 3.44. The monoisotopic (exact) mass is 393 g/mol. The number of likely N-dealkylation sites (tertiary alicyclic amines) is 1. The van der Waals surface area contributed by atoms with Gasteiger partial charge in [-0.1, -0.05) is 47.6 Å². The molecule has 1 amide bonds. The van der Waals surface area contributed by atoms with E-state index in [9.17, 15) is 4.79 Å². The fourth-order valence-electron chi connectivity index (χ4n) is 3.47. The number of carbonyl (C=O) groups excluding carboxylic acids is 1. The number of benzene rings is 2. The summed E-state index contributed by atoms with van der Waals surface area (Å²) >= 11 is 0. The van der Waals surface area contributed by atoms with Crippen LogP contribution in [0.4, 0.5) is 0 Å². The number of rotatable bonds is 7. The van der Waals surface area contributed by atoms with Crippen LogP contribution in [0.5, 0.6) is 5.75 Å². The SMILES string of the molecule is COc1ccccc1C(=O)N1CCC(c2noc(COCc3ccccc3)n2)C1. The third-order valence-electron chi connectivity index (χ3n) is 5.00. The van der Waals surface area contributed by atoms with Crippen molar-refractivity contribution in [2.45, 2.75) is 25.6 Å². The van der Waals surface area contributed by atoms with Crippen molar-refractivity contribution in [2.75, 3.05) is 20.2 Å². The molecule has 0 spiro atoms. The van der Waals surface area contributed by atoms with E-state index in [4.69, 9.17) is 14.0 Å². The topological polar surface area (TPSA) is 77.7 Å². The van der Waals surface area contributed by atoms with Gasteiger partial charge in [-0.15, -0.1) is 0 Å². The van der Waals surface area contributed by atoms with E-state index in [-0.39, 0.29) is 18.4 Å². The third-order valence-corrected chi connectivity index (χ3v) is 5.00. The van der Waals surface area contributed by atoms with Gasteiger partial charge in [0.2, 0.25) is 0 Å². The molecular weight excluding hydrogens is 370 g/mol. The molecule has 0 saturated carbocycles. The number of ether oxygens (including phenoxy) is 2. The van der Waals surface area contributed by atoms with Crippen LogP contribution in [-0.2, 0) is 18.0 Å². The molecule has 0 aliphatic carbocycles. The number of nitrogens with zero attached hydrogens (tertiary/aromatic N) is 3. The van der Waals surface area contributed by atoms with Gasteiger partial charge in [-0.2, -0.15) is 4.98 Å².